The van der Waals surface area contributed by atoms with E-state index < -0.39 is 0 Å². The van der Waals surface area contributed by atoms with E-state index in [1.807, 2.05) is 51.2 Å². The van der Waals surface area contributed by atoms with Crippen LogP contribution in [0.4, 0.5) is 17.2 Å². The molecule has 0 saturated carbocycles. The van der Waals surface area contributed by atoms with Gasteiger partial charge in [-0.05, 0) is 32.9 Å². The molecule has 30 heavy (non-hydrogen) atoms. The SMILES string of the molecule is CCNc1cc2c(cn1)C(=O)N(c1cccc(C(=N)N(CC)C(C)=N)c1)CCN2C. The van der Waals surface area contributed by atoms with Crippen molar-refractivity contribution in [1.82, 2.24) is 9.88 Å². The Hall–Kier alpha value is -3.42. The molecule has 0 unspecified atom stereocenters. The lowest BCUT2D eigenvalue weighted by atomic mass is 10.1. The molecule has 0 aliphatic carbocycles. The van der Waals surface area contributed by atoms with Crippen LogP contribution >= 0.6 is 0 Å². The van der Waals surface area contributed by atoms with Crippen LogP contribution in [0, 0.1) is 10.8 Å². The van der Waals surface area contributed by atoms with Crippen molar-refractivity contribution >= 4 is 34.8 Å². The molecule has 158 valence electrons. The molecule has 0 fully saturated rings. The number of hydrogen-bond acceptors (Lipinski definition) is 6. The standard InChI is InChI=1S/C22H29N7O/c1-5-25-20-13-19-18(14-26-20)22(30)29(11-10-27(19)4)17-9-7-8-16(12-17)21(24)28(6-2)15(3)23/h7-9,12-14,23-24H,5-6,10-11H2,1-4H3,(H,25,26). The highest BCUT2D eigenvalue weighted by molar-refractivity contribution is 6.11. The summed E-state index contributed by atoms with van der Waals surface area (Å²) >= 11 is 0. The smallest absolute Gasteiger partial charge is 0.262 e. The van der Waals surface area contributed by atoms with E-state index in [2.05, 4.69) is 15.2 Å². The summed E-state index contributed by atoms with van der Waals surface area (Å²) in [6.07, 6.45) is 1.63. The molecule has 2 aromatic rings. The fourth-order valence-corrected chi connectivity index (χ4v) is 3.61. The largest absolute Gasteiger partial charge is 0.372 e. The van der Waals surface area contributed by atoms with Crippen molar-refractivity contribution in [3.8, 4) is 0 Å². The molecule has 0 radical (unpaired) electrons. The van der Waals surface area contributed by atoms with Gasteiger partial charge in [-0.3, -0.25) is 15.6 Å². The molecule has 1 aromatic heterocycles. The first-order chi connectivity index (χ1) is 14.4. The number of hydrogen-bond donors (Lipinski definition) is 3. The van der Waals surface area contributed by atoms with Gasteiger partial charge in [0.05, 0.1) is 17.1 Å². The fourth-order valence-electron chi connectivity index (χ4n) is 3.61. The molecular formula is C22H29N7O. The molecule has 0 bridgehead atoms. The summed E-state index contributed by atoms with van der Waals surface area (Å²) in [5, 5.41) is 19.6. The number of rotatable bonds is 5. The molecule has 8 nitrogen and oxygen atoms in total. The van der Waals surface area contributed by atoms with Crippen LogP contribution in [0.15, 0.2) is 36.5 Å². The second-order valence-corrected chi connectivity index (χ2v) is 7.22. The molecule has 2 heterocycles. The zero-order valence-electron chi connectivity index (χ0n) is 18.0. The Morgan fingerprint density at radius 3 is 2.67 bits per heavy atom. The maximum Gasteiger partial charge on any atom is 0.262 e. The van der Waals surface area contributed by atoms with E-state index in [0.29, 0.717) is 36.6 Å². The molecule has 1 aromatic carbocycles. The lowest BCUT2D eigenvalue weighted by Crippen LogP contribution is -2.36. The minimum atomic E-state index is -0.107. The molecule has 3 rings (SSSR count). The summed E-state index contributed by atoms with van der Waals surface area (Å²) in [6.45, 7) is 8.10. The van der Waals surface area contributed by atoms with Crippen molar-refractivity contribution in [2.24, 2.45) is 0 Å². The first-order valence-electron chi connectivity index (χ1n) is 10.2. The Balaban J connectivity index is 1.96. The van der Waals surface area contributed by atoms with E-state index in [0.717, 1.165) is 23.7 Å². The van der Waals surface area contributed by atoms with Gasteiger partial charge in [-0.2, -0.15) is 0 Å². The number of benzene rings is 1. The highest BCUT2D eigenvalue weighted by Crippen LogP contribution is 2.29. The van der Waals surface area contributed by atoms with Crippen LogP contribution in [0.5, 0.6) is 0 Å². The summed E-state index contributed by atoms with van der Waals surface area (Å²) in [4.78, 5) is 23.2. The van der Waals surface area contributed by atoms with E-state index in [1.54, 1.807) is 22.9 Å². The number of nitrogens with one attached hydrogen (secondary N) is 3. The van der Waals surface area contributed by atoms with Crippen LogP contribution in [0.2, 0.25) is 0 Å². The number of carbonyl (C=O) groups is 1. The second-order valence-electron chi connectivity index (χ2n) is 7.22. The van der Waals surface area contributed by atoms with Gasteiger partial charge in [0, 0.05) is 56.7 Å². The van der Waals surface area contributed by atoms with Crippen LogP contribution in [0.1, 0.15) is 36.7 Å². The molecule has 1 aliphatic rings. The summed E-state index contributed by atoms with van der Waals surface area (Å²) in [5.41, 5.74) is 2.82. The maximum absolute atomic E-state index is 13.4. The zero-order chi connectivity index (χ0) is 21.8. The number of pyridine rings is 1. The van der Waals surface area contributed by atoms with Crippen molar-refractivity contribution in [1.29, 1.82) is 10.8 Å². The van der Waals surface area contributed by atoms with Gasteiger partial charge in [-0.1, -0.05) is 12.1 Å². The monoisotopic (exact) mass is 407 g/mol. The third-order valence-corrected chi connectivity index (χ3v) is 5.21. The van der Waals surface area contributed by atoms with Crippen molar-refractivity contribution in [2.75, 3.05) is 48.3 Å². The zero-order valence-corrected chi connectivity index (χ0v) is 18.0. The summed E-state index contributed by atoms with van der Waals surface area (Å²) in [5.74, 6) is 1.21. The maximum atomic E-state index is 13.4. The molecule has 1 aliphatic heterocycles. The Morgan fingerprint density at radius 1 is 1.23 bits per heavy atom. The van der Waals surface area contributed by atoms with Gasteiger partial charge in [0.2, 0.25) is 0 Å². The number of aromatic nitrogens is 1. The number of nitrogens with zero attached hydrogens (tertiary/aromatic N) is 4. The highest BCUT2D eigenvalue weighted by atomic mass is 16.2. The van der Waals surface area contributed by atoms with Gasteiger partial charge < -0.3 is 20.0 Å². The van der Waals surface area contributed by atoms with E-state index in [9.17, 15) is 4.79 Å². The number of likely N-dealkylation sites (N-methyl/N-ethyl adjacent to an activating group) is 1. The predicted octanol–water partition coefficient (Wildman–Crippen LogP) is 3.25. The lowest BCUT2D eigenvalue weighted by molar-refractivity contribution is 0.0990. The molecule has 0 atom stereocenters. The van der Waals surface area contributed by atoms with Crippen molar-refractivity contribution in [3.05, 3.63) is 47.7 Å². The number of fused-ring (bicyclic) bond motifs is 1. The quantitative estimate of drug-likeness (QED) is 0.522. The van der Waals surface area contributed by atoms with Crippen LogP contribution in [-0.2, 0) is 0 Å². The van der Waals surface area contributed by atoms with Crippen molar-refractivity contribution < 1.29 is 4.79 Å². The van der Waals surface area contributed by atoms with Gasteiger partial charge >= 0.3 is 0 Å². The van der Waals surface area contributed by atoms with Crippen molar-refractivity contribution in [3.63, 3.8) is 0 Å². The third kappa shape index (κ3) is 4.12. The Bertz CT molecular complexity index is 972. The van der Waals surface area contributed by atoms with E-state index in [-0.39, 0.29) is 11.7 Å². The third-order valence-electron chi connectivity index (χ3n) is 5.21. The van der Waals surface area contributed by atoms with Gasteiger partial charge in [0.1, 0.15) is 11.7 Å². The molecular weight excluding hydrogens is 378 g/mol. The average molecular weight is 408 g/mol. The van der Waals surface area contributed by atoms with Crippen LogP contribution in [0.3, 0.4) is 0 Å². The van der Waals surface area contributed by atoms with Gasteiger partial charge in [0.25, 0.3) is 5.91 Å². The normalized spacial score (nSPS) is 13.5. The highest BCUT2D eigenvalue weighted by Gasteiger charge is 2.27. The number of amidine groups is 2. The minimum absolute atomic E-state index is 0.107. The summed E-state index contributed by atoms with van der Waals surface area (Å²) in [7, 11) is 1.98. The Kier molecular flexibility index (Phi) is 6.34. The van der Waals surface area contributed by atoms with E-state index in [1.165, 1.54) is 0 Å². The molecule has 0 saturated heterocycles. The Labute approximate surface area is 177 Å². The van der Waals surface area contributed by atoms with E-state index in [4.69, 9.17) is 10.8 Å². The van der Waals surface area contributed by atoms with Gasteiger partial charge in [-0.25, -0.2) is 4.98 Å². The molecule has 8 heteroatoms. The summed E-state index contributed by atoms with van der Waals surface area (Å²) in [6, 6.07) is 9.33. The van der Waals surface area contributed by atoms with Crippen LogP contribution in [-0.4, -0.2) is 60.7 Å². The van der Waals surface area contributed by atoms with Gasteiger partial charge in [0.15, 0.2) is 0 Å². The first-order valence-corrected chi connectivity index (χ1v) is 10.2. The van der Waals surface area contributed by atoms with Gasteiger partial charge in [-0.15, -0.1) is 0 Å². The fraction of sp³-hybridized carbons (Fsp3) is 0.364. The van der Waals surface area contributed by atoms with Crippen molar-refractivity contribution in [2.45, 2.75) is 20.8 Å². The predicted molar refractivity (Wildman–Crippen MR) is 122 cm³/mol. The number of amides is 1. The van der Waals surface area contributed by atoms with E-state index >= 15 is 0 Å². The number of anilines is 3. The minimum Gasteiger partial charge on any atom is -0.372 e. The summed E-state index contributed by atoms with van der Waals surface area (Å²) < 4.78 is 0. The second kappa shape index (κ2) is 8.94. The molecule has 3 N–H and O–H groups in total. The lowest BCUT2D eigenvalue weighted by Gasteiger charge is -2.25. The van der Waals surface area contributed by atoms with Crippen LogP contribution in [0.25, 0.3) is 0 Å². The Morgan fingerprint density at radius 2 is 2.00 bits per heavy atom. The topological polar surface area (TPSA) is 99.4 Å². The first kappa shape index (κ1) is 21.3. The number of carbonyl (C=O) groups excluding carboxylic acids is 1. The molecule has 1 amide bonds. The van der Waals surface area contributed by atoms with Crippen LogP contribution < -0.4 is 15.1 Å². The molecule has 0 spiro atoms. The average Bonchev–Trinajstić information content (AvgIpc) is 2.85.